The van der Waals surface area contributed by atoms with Crippen LogP contribution in [0.4, 0.5) is 0 Å². The van der Waals surface area contributed by atoms with Crippen LogP contribution in [-0.2, 0) is 23.4 Å². The van der Waals surface area contributed by atoms with E-state index >= 15 is 0 Å². The molecule has 33 heavy (non-hydrogen) atoms. The fourth-order valence-corrected chi connectivity index (χ4v) is 4.77. The van der Waals surface area contributed by atoms with E-state index in [4.69, 9.17) is 14.0 Å². The van der Waals surface area contributed by atoms with E-state index < -0.39 is 13.7 Å². The van der Waals surface area contributed by atoms with Crippen LogP contribution in [0.25, 0.3) is 0 Å². The number of rotatable bonds is 26. The van der Waals surface area contributed by atoms with Crippen LogP contribution in [0.2, 0.25) is 0 Å². The Kier molecular flexibility index (Phi) is 23.0. The highest BCUT2D eigenvalue weighted by Crippen LogP contribution is 2.41. The van der Waals surface area contributed by atoms with Gasteiger partial charge in [0, 0.05) is 13.2 Å². The van der Waals surface area contributed by atoms with Crippen LogP contribution in [0.5, 0.6) is 0 Å². The lowest BCUT2D eigenvalue weighted by atomic mass is 10.0. The predicted molar refractivity (Wildman–Crippen MR) is 136 cm³/mol. The molecular weight excluding hydrogens is 441 g/mol. The summed E-state index contributed by atoms with van der Waals surface area (Å²) in [5, 5.41) is 0. The van der Waals surface area contributed by atoms with Crippen molar-refractivity contribution in [1.82, 2.24) is 4.90 Å². The summed E-state index contributed by atoms with van der Waals surface area (Å²) < 4.78 is 27.6. The molecule has 2 unspecified atom stereocenters. The Morgan fingerprint density at radius 1 is 0.818 bits per heavy atom. The number of unbranched alkanes of at least 4 members (excludes halogenated alkanes) is 14. The van der Waals surface area contributed by atoms with E-state index in [-0.39, 0.29) is 19.4 Å². The maximum atomic E-state index is 12.0. The summed E-state index contributed by atoms with van der Waals surface area (Å²) in [7, 11) is -0.0473. The van der Waals surface area contributed by atoms with Crippen molar-refractivity contribution in [3.05, 3.63) is 0 Å². The minimum Gasteiger partial charge on any atom is -0.460 e. The van der Waals surface area contributed by atoms with Gasteiger partial charge in [0.2, 0.25) is 0 Å². The summed E-state index contributed by atoms with van der Waals surface area (Å²) in [6, 6.07) is 0. The molecule has 0 saturated carbocycles. The van der Waals surface area contributed by atoms with Gasteiger partial charge in [0.1, 0.15) is 6.10 Å². The smallest absolute Gasteiger partial charge is 0.329 e. The van der Waals surface area contributed by atoms with Gasteiger partial charge in [0.25, 0.3) is 6.47 Å². The first-order chi connectivity index (χ1) is 15.9. The van der Waals surface area contributed by atoms with Crippen molar-refractivity contribution in [3.63, 3.8) is 0 Å². The third kappa shape index (κ3) is 24.5. The van der Waals surface area contributed by atoms with E-state index in [2.05, 4.69) is 6.92 Å². The van der Waals surface area contributed by atoms with Crippen molar-refractivity contribution < 1.29 is 28.3 Å². The Bertz CT molecular complexity index is 478. The quantitative estimate of drug-likeness (QED) is 0.0875. The summed E-state index contributed by atoms with van der Waals surface area (Å²) in [5.41, 5.74) is 0. The standard InChI is InChI=1S/C25H52NO6P/c1-4-5-6-7-8-9-10-11-12-13-14-15-16-17-18-20-30-22-25(31-24-27)23-32-33(28,29)21-19-26(2)3/h24-25H,4-23H2,1-3H3,(H,28,29). The second kappa shape index (κ2) is 23.3. The van der Waals surface area contributed by atoms with Gasteiger partial charge in [-0.15, -0.1) is 0 Å². The third-order valence-corrected chi connectivity index (χ3v) is 7.05. The molecule has 0 aliphatic heterocycles. The molecule has 0 spiro atoms. The normalized spacial score (nSPS) is 14.3. The van der Waals surface area contributed by atoms with Crippen LogP contribution in [-0.4, -0.2) is 69.0 Å². The monoisotopic (exact) mass is 493 g/mol. The lowest BCUT2D eigenvalue weighted by molar-refractivity contribution is -0.138. The first kappa shape index (κ1) is 32.5. The Morgan fingerprint density at radius 2 is 1.30 bits per heavy atom. The van der Waals surface area contributed by atoms with Gasteiger partial charge in [0.05, 0.1) is 19.4 Å². The Balaban J connectivity index is 3.54. The van der Waals surface area contributed by atoms with E-state index in [0.29, 0.717) is 19.6 Å². The van der Waals surface area contributed by atoms with Crippen LogP contribution in [0, 0.1) is 0 Å². The molecule has 0 aromatic carbocycles. The summed E-state index contributed by atoms with van der Waals surface area (Å²) in [5.74, 6) is 0. The molecule has 0 radical (unpaired) electrons. The number of carbonyl (C=O) groups excluding carboxylic acids is 1. The fraction of sp³-hybridized carbons (Fsp3) is 0.960. The van der Waals surface area contributed by atoms with Crippen LogP contribution >= 0.6 is 7.60 Å². The zero-order valence-electron chi connectivity index (χ0n) is 21.7. The summed E-state index contributed by atoms with van der Waals surface area (Å²) in [6.07, 6.45) is 19.1. The predicted octanol–water partition coefficient (Wildman–Crippen LogP) is 6.18. The SMILES string of the molecule is CCCCCCCCCCCCCCCCCOCC(COP(=O)(O)CCN(C)C)OC=O. The summed E-state index contributed by atoms with van der Waals surface area (Å²) >= 11 is 0. The highest BCUT2D eigenvalue weighted by atomic mass is 31.2. The molecule has 0 saturated heterocycles. The number of ether oxygens (including phenoxy) is 2. The van der Waals surface area contributed by atoms with Gasteiger partial charge in [0.15, 0.2) is 0 Å². The van der Waals surface area contributed by atoms with Crippen LogP contribution in [0.15, 0.2) is 0 Å². The minimum absolute atomic E-state index is 0.0355. The average molecular weight is 494 g/mol. The molecule has 0 aliphatic carbocycles. The van der Waals surface area contributed by atoms with Gasteiger partial charge in [-0.3, -0.25) is 9.36 Å². The maximum Gasteiger partial charge on any atom is 0.329 e. The van der Waals surface area contributed by atoms with Gasteiger partial charge in [-0.05, 0) is 20.5 Å². The maximum absolute atomic E-state index is 12.0. The molecule has 0 heterocycles. The van der Waals surface area contributed by atoms with E-state index in [1.807, 2.05) is 19.0 Å². The molecule has 0 rings (SSSR count). The van der Waals surface area contributed by atoms with Gasteiger partial charge in [-0.1, -0.05) is 96.8 Å². The number of nitrogens with zero attached hydrogens (tertiary/aromatic N) is 1. The van der Waals surface area contributed by atoms with Crippen molar-refractivity contribution in [2.45, 2.75) is 109 Å². The van der Waals surface area contributed by atoms with E-state index in [9.17, 15) is 14.3 Å². The summed E-state index contributed by atoms with van der Waals surface area (Å²) in [6.45, 7) is 3.66. The average Bonchev–Trinajstić information content (AvgIpc) is 2.78. The lowest BCUT2D eigenvalue weighted by Crippen LogP contribution is -2.26. The molecule has 7 nitrogen and oxygen atoms in total. The topological polar surface area (TPSA) is 85.3 Å². The Labute approximate surface area is 203 Å². The zero-order chi connectivity index (χ0) is 24.6. The highest BCUT2D eigenvalue weighted by molar-refractivity contribution is 7.52. The third-order valence-electron chi connectivity index (χ3n) is 5.74. The van der Waals surface area contributed by atoms with E-state index in [1.54, 1.807) is 0 Å². The van der Waals surface area contributed by atoms with Crippen molar-refractivity contribution in [1.29, 1.82) is 0 Å². The second-order valence-electron chi connectivity index (χ2n) is 9.34. The Morgan fingerprint density at radius 3 is 1.76 bits per heavy atom. The highest BCUT2D eigenvalue weighted by Gasteiger charge is 2.22. The van der Waals surface area contributed by atoms with Crippen molar-refractivity contribution in [2.24, 2.45) is 0 Å². The van der Waals surface area contributed by atoms with E-state index in [1.165, 1.54) is 83.5 Å². The number of carbonyl (C=O) groups is 1. The van der Waals surface area contributed by atoms with Crippen molar-refractivity contribution >= 4 is 14.1 Å². The van der Waals surface area contributed by atoms with E-state index in [0.717, 1.165) is 12.8 Å². The molecule has 0 bridgehead atoms. The largest absolute Gasteiger partial charge is 0.460 e. The fourth-order valence-electron chi connectivity index (χ4n) is 3.59. The number of hydrogen-bond donors (Lipinski definition) is 1. The van der Waals surface area contributed by atoms with Crippen LogP contribution in [0.1, 0.15) is 103 Å². The number of hydrogen-bond acceptors (Lipinski definition) is 6. The van der Waals surface area contributed by atoms with Crippen LogP contribution in [0.3, 0.4) is 0 Å². The molecule has 0 aromatic heterocycles. The van der Waals surface area contributed by atoms with Gasteiger partial charge in [-0.2, -0.15) is 0 Å². The molecule has 0 amide bonds. The minimum atomic E-state index is -3.69. The molecular formula is C25H52NO6P. The summed E-state index contributed by atoms with van der Waals surface area (Å²) in [4.78, 5) is 22.3. The van der Waals surface area contributed by atoms with Gasteiger partial charge in [-0.25, -0.2) is 0 Å². The first-order valence-corrected chi connectivity index (χ1v) is 15.0. The van der Waals surface area contributed by atoms with Crippen LogP contribution < -0.4 is 0 Å². The molecule has 0 fully saturated rings. The van der Waals surface area contributed by atoms with Gasteiger partial charge < -0.3 is 23.8 Å². The first-order valence-electron chi connectivity index (χ1n) is 13.2. The molecule has 0 aromatic rings. The van der Waals surface area contributed by atoms with Crippen molar-refractivity contribution in [3.8, 4) is 0 Å². The lowest BCUT2D eigenvalue weighted by Gasteiger charge is -2.19. The molecule has 0 aliphatic rings. The second-order valence-corrected chi connectivity index (χ2v) is 11.3. The molecule has 1 N–H and O–H groups in total. The Hall–Kier alpha value is -0.460. The zero-order valence-corrected chi connectivity index (χ0v) is 22.6. The molecule has 198 valence electrons. The van der Waals surface area contributed by atoms with Gasteiger partial charge >= 0.3 is 7.60 Å². The van der Waals surface area contributed by atoms with Crippen molar-refractivity contribution in [2.75, 3.05) is 46.6 Å². The molecule has 8 heteroatoms. The molecule has 2 atom stereocenters.